The normalized spacial score (nSPS) is 10.3. The Labute approximate surface area is 91.6 Å². The highest BCUT2D eigenvalue weighted by molar-refractivity contribution is 6.31. The zero-order valence-corrected chi connectivity index (χ0v) is 8.78. The molecule has 0 amide bonds. The lowest BCUT2D eigenvalue weighted by atomic mass is 10.1. The minimum Gasteiger partial charge on any atom is -0.497 e. The van der Waals surface area contributed by atoms with E-state index >= 15 is 0 Å². The number of hydrogen-bond acceptors (Lipinski definition) is 4. The molecule has 1 aromatic heterocycles. The molecule has 0 fully saturated rings. The summed E-state index contributed by atoms with van der Waals surface area (Å²) in [7, 11) is 1.57. The molecular weight excluding hydrogens is 216 g/mol. The van der Waals surface area contributed by atoms with Gasteiger partial charge in [-0.1, -0.05) is 16.8 Å². The largest absolute Gasteiger partial charge is 0.497 e. The topological polar surface area (TPSA) is 61.3 Å². The molecule has 78 valence electrons. The molecule has 0 saturated carbocycles. The summed E-state index contributed by atoms with van der Waals surface area (Å²) in [6.07, 6.45) is 0. The van der Waals surface area contributed by atoms with Crippen LogP contribution in [-0.2, 0) is 0 Å². The Bertz CT molecular complexity index is 482. The lowest BCUT2D eigenvalue weighted by molar-refractivity contribution is 0.413. The van der Waals surface area contributed by atoms with Crippen molar-refractivity contribution < 1.29 is 9.26 Å². The fourth-order valence-corrected chi connectivity index (χ4v) is 1.47. The van der Waals surface area contributed by atoms with Crippen molar-refractivity contribution in [2.45, 2.75) is 0 Å². The van der Waals surface area contributed by atoms with Crippen LogP contribution >= 0.6 is 11.6 Å². The van der Waals surface area contributed by atoms with Crippen LogP contribution in [0.25, 0.3) is 11.3 Å². The third kappa shape index (κ3) is 2.05. The average Bonchev–Trinajstić information content (AvgIpc) is 2.64. The van der Waals surface area contributed by atoms with E-state index in [1.807, 2.05) is 0 Å². The van der Waals surface area contributed by atoms with Crippen molar-refractivity contribution in [3.63, 3.8) is 0 Å². The summed E-state index contributed by atoms with van der Waals surface area (Å²) in [5.41, 5.74) is 6.24. The molecule has 0 saturated heterocycles. The van der Waals surface area contributed by atoms with E-state index in [1.54, 1.807) is 31.4 Å². The smallest absolute Gasteiger partial charge is 0.169 e. The van der Waals surface area contributed by atoms with E-state index in [9.17, 15) is 0 Å². The van der Waals surface area contributed by atoms with Gasteiger partial charge >= 0.3 is 0 Å². The van der Waals surface area contributed by atoms with E-state index in [0.29, 0.717) is 22.4 Å². The fourth-order valence-electron chi connectivity index (χ4n) is 1.25. The number of methoxy groups -OCH3 is 1. The van der Waals surface area contributed by atoms with Gasteiger partial charge in [0.1, 0.15) is 5.75 Å². The van der Waals surface area contributed by atoms with E-state index in [-0.39, 0.29) is 0 Å². The lowest BCUT2D eigenvalue weighted by Crippen LogP contribution is -1.84. The van der Waals surface area contributed by atoms with Crippen LogP contribution < -0.4 is 10.5 Å². The van der Waals surface area contributed by atoms with Gasteiger partial charge in [-0.3, -0.25) is 0 Å². The molecule has 1 heterocycles. The predicted octanol–water partition coefficient (Wildman–Crippen LogP) is 2.59. The maximum Gasteiger partial charge on any atom is 0.169 e. The van der Waals surface area contributed by atoms with Crippen LogP contribution in [0, 0.1) is 0 Å². The molecule has 0 aliphatic rings. The van der Waals surface area contributed by atoms with Crippen molar-refractivity contribution in [1.29, 1.82) is 0 Å². The zero-order valence-electron chi connectivity index (χ0n) is 8.03. The number of ether oxygens (including phenoxy) is 1. The van der Waals surface area contributed by atoms with E-state index in [4.69, 9.17) is 26.6 Å². The van der Waals surface area contributed by atoms with Crippen molar-refractivity contribution in [1.82, 2.24) is 5.16 Å². The Balaban J connectivity index is 2.48. The monoisotopic (exact) mass is 224 g/mol. The molecule has 4 nitrogen and oxygen atoms in total. The van der Waals surface area contributed by atoms with Crippen LogP contribution in [0.3, 0.4) is 0 Å². The Kier molecular flexibility index (Phi) is 2.51. The lowest BCUT2D eigenvalue weighted by Gasteiger charge is -2.02. The number of nitrogens with two attached hydrogens (primary N) is 1. The summed E-state index contributed by atoms with van der Waals surface area (Å²) < 4.78 is 10.1. The molecular formula is C10H9ClN2O2. The van der Waals surface area contributed by atoms with Crippen LogP contribution in [0.5, 0.6) is 5.75 Å². The molecule has 0 spiro atoms. The van der Waals surface area contributed by atoms with Crippen LogP contribution in [0.2, 0.25) is 5.02 Å². The minimum atomic E-state index is 0.337. The minimum absolute atomic E-state index is 0.337. The maximum absolute atomic E-state index is 5.91. The van der Waals surface area contributed by atoms with Gasteiger partial charge in [0, 0.05) is 16.7 Å². The Morgan fingerprint density at radius 1 is 1.33 bits per heavy atom. The number of nitrogen functional groups attached to an aromatic ring is 1. The SMILES string of the molecule is COc1cc(Cl)cc(-c2cc(N)no2)c1. The third-order valence-corrected chi connectivity index (χ3v) is 2.14. The zero-order chi connectivity index (χ0) is 10.8. The standard InChI is InChI=1S/C10H9ClN2O2/c1-14-8-3-6(2-7(11)4-8)9-5-10(12)13-15-9/h2-5H,1H3,(H2,12,13). The second-order valence-electron chi connectivity index (χ2n) is 3.00. The summed E-state index contributed by atoms with van der Waals surface area (Å²) >= 11 is 5.91. The molecule has 1 aromatic carbocycles. The summed E-state index contributed by atoms with van der Waals surface area (Å²) in [6, 6.07) is 6.89. The van der Waals surface area contributed by atoms with Crippen molar-refractivity contribution >= 4 is 17.4 Å². The van der Waals surface area contributed by atoms with Gasteiger partial charge in [0.25, 0.3) is 0 Å². The molecule has 2 rings (SSSR count). The number of anilines is 1. The highest BCUT2D eigenvalue weighted by Gasteiger charge is 2.07. The second-order valence-corrected chi connectivity index (χ2v) is 3.43. The van der Waals surface area contributed by atoms with Crippen LogP contribution in [0.1, 0.15) is 0 Å². The first-order valence-electron chi connectivity index (χ1n) is 4.26. The highest BCUT2D eigenvalue weighted by Crippen LogP contribution is 2.29. The number of halogens is 1. The first kappa shape index (κ1) is 9.86. The molecule has 2 N–H and O–H groups in total. The molecule has 0 bridgehead atoms. The number of benzene rings is 1. The Morgan fingerprint density at radius 2 is 2.13 bits per heavy atom. The first-order valence-corrected chi connectivity index (χ1v) is 4.64. The summed E-state index contributed by atoms with van der Waals surface area (Å²) in [4.78, 5) is 0. The second kappa shape index (κ2) is 3.82. The van der Waals surface area contributed by atoms with Crippen molar-refractivity contribution in [3.05, 3.63) is 29.3 Å². The van der Waals surface area contributed by atoms with Gasteiger partial charge in [-0.15, -0.1) is 0 Å². The molecule has 0 unspecified atom stereocenters. The summed E-state index contributed by atoms with van der Waals surface area (Å²) in [6.45, 7) is 0. The number of aromatic nitrogens is 1. The van der Waals surface area contributed by atoms with Crippen LogP contribution in [-0.4, -0.2) is 12.3 Å². The van der Waals surface area contributed by atoms with Gasteiger partial charge in [-0.05, 0) is 18.2 Å². The number of nitrogens with zero attached hydrogens (tertiary/aromatic N) is 1. The molecule has 0 radical (unpaired) electrons. The van der Waals surface area contributed by atoms with E-state index in [0.717, 1.165) is 5.56 Å². The van der Waals surface area contributed by atoms with E-state index in [2.05, 4.69) is 5.16 Å². The number of rotatable bonds is 2. The molecule has 0 aliphatic carbocycles. The molecule has 2 aromatic rings. The van der Waals surface area contributed by atoms with Gasteiger partial charge in [-0.2, -0.15) is 0 Å². The van der Waals surface area contributed by atoms with Gasteiger partial charge < -0.3 is 15.0 Å². The molecule has 5 heteroatoms. The summed E-state index contributed by atoms with van der Waals surface area (Å²) in [5.74, 6) is 1.56. The van der Waals surface area contributed by atoms with Gasteiger partial charge in [0.2, 0.25) is 0 Å². The Hall–Kier alpha value is -1.68. The third-order valence-electron chi connectivity index (χ3n) is 1.92. The maximum atomic E-state index is 5.91. The van der Waals surface area contributed by atoms with Crippen molar-refractivity contribution in [2.75, 3.05) is 12.8 Å². The molecule has 15 heavy (non-hydrogen) atoms. The molecule has 0 atom stereocenters. The van der Waals surface area contributed by atoms with Crippen molar-refractivity contribution in [3.8, 4) is 17.1 Å². The number of hydrogen-bond donors (Lipinski definition) is 1. The van der Waals surface area contributed by atoms with Crippen LogP contribution in [0.4, 0.5) is 5.82 Å². The quantitative estimate of drug-likeness (QED) is 0.852. The van der Waals surface area contributed by atoms with Gasteiger partial charge in [0.05, 0.1) is 7.11 Å². The fraction of sp³-hybridized carbons (Fsp3) is 0.100. The van der Waals surface area contributed by atoms with E-state index in [1.165, 1.54) is 0 Å². The predicted molar refractivity (Wildman–Crippen MR) is 57.9 cm³/mol. The first-order chi connectivity index (χ1) is 7.19. The highest BCUT2D eigenvalue weighted by atomic mass is 35.5. The van der Waals surface area contributed by atoms with Gasteiger partial charge in [-0.25, -0.2) is 0 Å². The molecule has 0 aliphatic heterocycles. The summed E-state index contributed by atoms with van der Waals surface area (Å²) in [5, 5.41) is 4.17. The average molecular weight is 225 g/mol. The van der Waals surface area contributed by atoms with Gasteiger partial charge in [0.15, 0.2) is 11.6 Å². The van der Waals surface area contributed by atoms with E-state index < -0.39 is 0 Å². The Morgan fingerprint density at radius 3 is 2.73 bits per heavy atom. The van der Waals surface area contributed by atoms with Crippen molar-refractivity contribution in [2.24, 2.45) is 0 Å². The van der Waals surface area contributed by atoms with Crippen LogP contribution in [0.15, 0.2) is 28.8 Å².